The summed E-state index contributed by atoms with van der Waals surface area (Å²) in [7, 11) is 4.74. The van der Waals surface area contributed by atoms with Crippen LogP contribution in [0.3, 0.4) is 0 Å². The number of hydrogen-bond acceptors (Lipinski definition) is 5. The van der Waals surface area contributed by atoms with Crippen LogP contribution in [0.15, 0.2) is 46.0 Å². The van der Waals surface area contributed by atoms with E-state index in [9.17, 15) is 0 Å². The summed E-state index contributed by atoms with van der Waals surface area (Å²) in [5.41, 5.74) is 4.69. The zero-order chi connectivity index (χ0) is 15.9. The molecular weight excluding hydrogens is 348 g/mol. The molecule has 0 aliphatic carbocycles. The third-order valence-corrected chi connectivity index (χ3v) is 3.47. The number of methoxy groups -OCH3 is 3. The number of nitrogens with zero attached hydrogens (tertiary/aromatic N) is 1. The van der Waals surface area contributed by atoms with Gasteiger partial charge in [-0.1, -0.05) is 15.9 Å². The fraction of sp³-hybridized carbons (Fsp3) is 0.188. The zero-order valence-corrected chi connectivity index (χ0v) is 14.2. The Balaban J connectivity index is 2.18. The average molecular weight is 365 g/mol. The Hall–Kier alpha value is -2.21. The predicted molar refractivity (Wildman–Crippen MR) is 91.5 cm³/mol. The molecule has 0 saturated heterocycles. The normalized spacial score (nSPS) is 10.5. The minimum atomic E-state index is 0.558. The molecule has 1 N–H and O–H groups in total. The van der Waals surface area contributed by atoms with Gasteiger partial charge >= 0.3 is 0 Å². The largest absolute Gasteiger partial charge is 0.493 e. The van der Waals surface area contributed by atoms with Crippen molar-refractivity contribution in [3.63, 3.8) is 0 Å². The van der Waals surface area contributed by atoms with Gasteiger partial charge in [-0.25, -0.2) is 0 Å². The molecule has 0 aliphatic heterocycles. The number of halogens is 1. The number of hydrogen-bond donors (Lipinski definition) is 1. The molecule has 0 atom stereocenters. The second-order valence-electron chi connectivity index (χ2n) is 4.34. The first-order valence-electron chi connectivity index (χ1n) is 6.52. The fourth-order valence-electron chi connectivity index (χ4n) is 1.88. The van der Waals surface area contributed by atoms with E-state index in [2.05, 4.69) is 26.5 Å². The molecule has 0 fully saturated rings. The number of anilines is 1. The molecule has 2 aromatic rings. The lowest BCUT2D eigenvalue weighted by molar-refractivity contribution is 0.324. The molecule has 0 aliphatic rings. The van der Waals surface area contributed by atoms with Gasteiger partial charge in [0.25, 0.3) is 0 Å². The monoisotopic (exact) mass is 364 g/mol. The van der Waals surface area contributed by atoms with Crippen molar-refractivity contribution < 1.29 is 14.2 Å². The maximum Gasteiger partial charge on any atom is 0.203 e. The van der Waals surface area contributed by atoms with Crippen molar-refractivity contribution in [2.75, 3.05) is 26.8 Å². The molecule has 0 saturated carbocycles. The lowest BCUT2D eigenvalue weighted by Gasteiger charge is -2.12. The summed E-state index contributed by atoms with van der Waals surface area (Å²) in [4.78, 5) is 0. The highest BCUT2D eigenvalue weighted by atomic mass is 79.9. The molecule has 0 spiro atoms. The number of rotatable bonds is 6. The number of nitrogens with one attached hydrogen (secondary N) is 1. The van der Waals surface area contributed by atoms with Crippen molar-refractivity contribution in [2.45, 2.75) is 0 Å². The Kier molecular flexibility index (Phi) is 5.66. The maximum atomic E-state index is 5.30. The summed E-state index contributed by atoms with van der Waals surface area (Å²) >= 11 is 3.39. The third-order valence-electron chi connectivity index (χ3n) is 2.94. The molecule has 0 amide bonds. The smallest absolute Gasteiger partial charge is 0.203 e. The summed E-state index contributed by atoms with van der Waals surface area (Å²) in [6.45, 7) is 0. The van der Waals surface area contributed by atoms with Crippen molar-refractivity contribution in [1.82, 2.24) is 0 Å². The van der Waals surface area contributed by atoms with E-state index in [0.717, 1.165) is 15.7 Å². The number of ether oxygens (including phenoxy) is 3. The highest BCUT2D eigenvalue weighted by Crippen LogP contribution is 2.37. The number of hydrazone groups is 1. The summed E-state index contributed by atoms with van der Waals surface area (Å²) in [6, 6.07) is 11.4. The van der Waals surface area contributed by atoms with Gasteiger partial charge in [-0.15, -0.1) is 0 Å². The van der Waals surface area contributed by atoms with Gasteiger partial charge in [-0.2, -0.15) is 5.10 Å². The predicted octanol–water partition coefficient (Wildman–Crippen LogP) is 3.92. The molecule has 0 unspecified atom stereocenters. The van der Waals surface area contributed by atoms with E-state index in [1.165, 1.54) is 0 Å². The first-order chi connectivity index (χ1) is 10.7. The molecule has 2 aromatic carbocycles. The van der Waals surface area contributed by atoms with Crippen molar-refractivity contribution in [3.05, 3.63) is 46.4 Å². The summed E-state index contributed by atoms with van der Waals surface area (Å²) in [5, 5.41) is 4.21. The highest BCUT2D eigenvalue weighted by Gasteiger charge is 2.12. The first-order valence-corrected chi connectivity index (χ1v) is 7.32. The van der Waals surface area contributed by atoms with Gasteiger partial charge in [0, 0.05) is 10.0 Å². The van der Waals surface area contributed by atoms with Gasteiger partial charge in [0.1, 0.15) is 0 Å². The van der Waals surface area contributed by atoms with Crippen LogP contribution in [0.1, 0.15) is 5.56 Å². The van der Waals surface area contributed by atoms with E-state index in [0.29, 0.717) is 17.2 Å². The van der Waals surface area contributed by atoms with Crippen LogP contribution < -0.4 is 19.6 Å². The summed E-state index contributed by atoms with van der Waals surface area (Å²) < 4.78 is 16.9. The van der Waals surface area contributed by atoms with Crippen LogP contribution in [0.25, 0.3) is 0 Å². The van der Waals surface area contributed by atoms with Crippen LogP contribution >= 0.6 is 15.9 Å². The lowest BCUT2D eigenvalue weighted by atomic mass is 10.2. The Morgan fingerprint density at radius 1 is 0.955 bits per heavy atom. The Morgan fingerprint density at radius 2 is 1.55 bits per heavy atom. The van der Waals surface area contributed by atoms with Crippen LogP contribution in [0.4, 0.5) is 5.69 Å². The minimum absolute atomic E-state index is 0.558. The van der Waals surface area contributed by atoms with Gasteiger partial charge in [-0.3, -0.25) is 5.43 Å². The van der Waals surface area contributed by atoms with Crippen LogP contribution in [0, 0.1) is 0 Å². The standard InChI is InChI=1S/C16H17BrN2O3/c1-20-14-8-11(9-15(21-2)16(14)22-3)10-18-19-13-6-4-12(17)5-7-13/h4-10,19H,1-3H3/b18-10+. The van der Waals surface area contributed by atoms with Gasteiger partial charge in [0.15, 0.2) is 11.5 Å². The minimum Gasteiger partial charge on any atom is -0.493 e. The highest BCUT2D eigenvalue weighted by molar-refractivity contribution is 9.10. The molecule has 2 rings (SSSR count). The third kappa shape index (κ3) is 3.92. The second-order valence-corrected chi connectivity index (χ2v) is 5.25. The molecular formula is C16H17BrN2O3. The van der Waals surface area contributed by atoms with Crippen LogP contribution in [0.2, 0.25) is 0 Å². The Morgan fingerprint density at radius 3 is 2.05 bits per heavy atom. The van der Waals surface area contributed by atoms with Crippen LogP contribution in [-0.2, 0) is 0 Å². The molecule has 0 bridgehead atoms. The zero-order valence-electron chi connectivity index (χ0n) is 12.6. The van der Waals surface area contributed by atoms with Gasteiger partial charge < -0.3 is 14.2 Å². The summed E-state index contributed by atoms with van der Waals surface area (Å²) in [6.07, 6.45) is 1.69. The van der Waals surface area contributed by atoms with Crippen molar-refractivity contribution in [1.29, 1.82) is 0 Å². The quantitative estimate of drug-likeness (QED) is 0.623. The van der Waals surface area contributed by atoms with Crippen molar-refractivity contribution in [2.24, 2.45) is 5.10 Å². The molecule has 6 heteroatoms. The van der Waals surface area contributed by atoms with Gasteiger partial charge in [-0.05, 0) is 36.4 Å². The van der Waals surface area contributed by atoms with Crippen LogP contribution in [0.5, 0.6) is 17.2 Å². The fourth-order valence-corrected chi connectivity index (χ4v) is 2.15. The van der Waals surface area contributed by atoms with E-state index in [4.69, 9.17) is 14.2 Å². The summed E-state index contributed by atoms with van der Waals surface area (Å²) in [5.74, 6) is 1.74. The molecule has 0 aromatic heterocycles. The molecule has 0 heterocycles. The average Bonchev–Trinajstić information content (AvgIpc) is 2.55. The van der Waals surface area contributed by atoms with Crippen LogP contribution in [-0.4, -0.2) is 27.5 Å². The Labute approximate surface area is 138 Å². The van der Waals surface area contributed by atoms with E-state index in [1.807, 2.05) is 36.4 Å². The van der Waals surface area contributed by atoms with E-state index in [1.54, 1.807) is 27.5 Å². The number of benzene rings is 2. The van der Waals surface area contributed by atoms with E-state index >= 15 is 0 Å². The van der Waals surface area contributed by atoms with Crippen molar-refractivity contribution in [3.8, 4) is 17.2 Å². The Bertz CT molecular complexity index is 632. The van der Waals surface area contributed by atoms with E-state index in [-0.39, 0.29) is 0 Å². The van der Waals surface area contributed by atoms with Crippen molar-refractivity contribution >= 4 is 27.8 Å². The molecule has 22 heavy (non-hydrogen) atoms. The topological polar surface area (TPSA) is 52.1 Å². The maximum absolute atomic E-state index is 5.30. The molecule has 116 valence electrons. The lowest BCUT2D eigenvalue weighted by Crippen LogP contribution is -1.97. The molecule has 5 nitrogen and oxygen atoms in total. The van der Waals surface area contributed by atoms with E-state index < -0.39 is 0 Å². The second kappa shape index (κ2) is 7.70. The van der Waals surface area contributed by atoms with Gasteiger partial charge in [0.2, 0.25) is 5.75 Å². The SMILES string of the molecule is COc1cc(/C=N/Nc2ccc(Br)cc2)cc(OC)c1OC. The van der Waals surface area contributed by atoms with Gasteiger partial charge in [0.05, 0.1) is 33.2 Å². The first kappa shape index (κ1) is 16.2. The molecule has 0 radical (unpaired) electrons.